The lowest BCUT2D eigenvalue weighted by molar-refractivity contribution is 0.415. The lowest BCUT2D eigenvalue weighted by Gasteiger charge is -2.16. The number of ether oxygens (including phenoxy) is 1. The smallest absolute Gasteiger partial charge is 0.211 e. The lowest BCUT2D eigenvalue weighted by Crippen LogP contribution is -2.20. The molecule has 4 rings (SSSR count). The molecule has 0 N–H and O–H groups in total. The summed E-state index contributed by atoms with van der Waals surface area (Å²) in [4.78, 5) is 13.3. The van der Waals surface area contributed by atoms with Gasteiger partial charge in [-0.3, -0.25) is 4.79 Å². The number of benzene rings is 3. The van der Waals surface area contributed by atoms with Crippen LogP contribution in [0, 0.1) is 13.8 Å². The van der Waals surface area contributed by atoms with Gasteiger partial charge in [-0.2, -0.15) is 0 Å². The number of hydrogen-bond donors (Lipinski definition) is 0. The van der Waals surface area contributed by atoms with Crippen LogP contribution < -0.4 is 10.2 Å². The third-order valence-electron chi connectivity index (χ3n) is 6.03. The van der Waals surface area contributed by atoms with Crippen molar-refractivity contribution in [3.05, 3.63) is 99.3 Å². The number of rotatable bonds is 6. The Bertz CT molecular complexity index is 1500. The van der Waals surface area contributed by atoms with E-state index in [2.05, 4.69) is 6.07 Å². The predicted molar refractivity (Wildman–Crippen MR) is 131 cm³/mol. The van der Waals surface area contributed by atoms with E-state index in [1.807, 2.05) is 37.5 Å². The van der Waals surface area contributed by atoms with Gasteiger partial charge in [-0.1, -0.05) is 42.8 Å². The second kappa shape index (κ2) is 8.87. The van der Waals surface area contributed by atoms with Gasteiger partial charge in [0, 0.05) is 12.7 Å². The Hall–Kier alpha value is -3.38. The van der Waals surface area contributed by atoms with E-state index in [-0.39, 0.29) is 9.79 Å². The van der Waals surface area contributed by atoms with Crippen LogP contribution >= 0.6 is 0 Å². The molecule has 0 unspecified atom stereocenters. The molecule has 1 heterocycles. The van der Waals surface area contributed by atoms with Crippen LogP contribution in [0.5, 0.6) is 5.75 Å². The number of aromatic nitrogens is 1. The van der Waals surface area contributed by atoms with Gasteiger partial charge in [0.1, 0.15) is 10.6 Å². The van der Waals surface area contributed by atoms with Gasteiger partial charge in [0.15, 0.2) is 0 Å². The van der Waals surface area contributed by atoms with Gasteiger partial charge in [-0.05, 0) is 67.3 Å². The molecule has 6 heteroatoms. The highest BCUT2D eigenvalue weighted by Crippen LogP contribution is 2.25. The molecule has 0 fully saturated rings. The third-order valence-corrected chi connectivity index (χ3v) is 7.79. The van der Waals surface area contributed by atoms with Crippen molar-refractivity contribution < 1.29 is 13.2 Å². The second-order valence-electron chi connectivity index (χ2n) is 8.26. The Labute approximate surface area is 194 Å². The highest BCUT2D eigenvalue weighted by atomic mass is 32.2. The van der Waals surface area contributed by atoms with E-state index in [0.717, 1.165) is 28.7 Å². The van der Waals surface area contributed by atoms with Crippen molar-refractivity contribution in [1.82, 2.24) is 4.57 Å². The molecule has 33 heavy (non-hydrogen) atoms. The fraction of sp³-hybridized carbons (Fsp3) is 0.222. The number of hydrogen-bond acceptors (Lipinski definition) is 4. The van der Waals surface area contributed by atoms with E-state index in [1.165, 1.54) is 13.3 Å². The van der Waals surface area contributed by atoms with Crippen molar-refractivity contribution in [2.75, 3.05) is 7.11 Å². The van der Waals surface area contributed by atoms with Gasteiger partial charge >= 0.3 is 0 Å². The van der Waals surface area contributed by atoms with E-state index in [4.69, 9.17) is 4.74 Å². The zero-order valence-electron chi connectivity index (χ0n) is 19.3. The maximum atomic E-state index is 13.5. The molecule has 0 bridgehead atoms. The normalized spacial score (nSPS) is 11.6. The fourth-order valence-corrected chi connectivity index (χ4v) is 5.35. The molecule has 0 radical (unpaired) electrons. The maximum absolute atomic E-state index is 13.5. The minimum absolute atomic E-state index is 0.109. The molecule has 0 aliphatic carbocycles. The Kier molecular flexibility index (Phi) is 6.13. The molecule has 4 aromatic rings. The summed E-state index contributed by atoms with van der Waals surface area (Å²) in [7, 11) is -2.49. The number of aryl methyl sites for hydroxylation is 3. The van der Waals surface area contributed by atoms with Gasteiger partial charge in [-0.25, -0.2) is 8.42 Å². The first-order valence-electron chi connectivity index (χ1n) is 10.9. The average molecular weight is 462 g/mol. The van der Waals surface area contributed by atoms with Crippen molar-refractivity contribution in [2.45, 2.75) is 43.5 Å². The van der Waals surface area contributed by atoms with Crippen LogP contribution in [-0.4, -0.2) is 20.1 Å². The molecule has 3 aromatic carbocycles. The average Bonchev–Trinajstić information content (AvgIpc) is 2.82. The van der Waals surface area contributed by atoms with Gasteiger partial charge in [0.25, 0.3) is 0 Å². The molecule has 170 valence electrons. The van der Waals surface area contributed by atoms with Crippen LogP contribution in [0.4, 0.5) is 0 Å². The molecule has 0 amide bonds. The summed E-state index contributed by atoms with van der Waals surface area (Å²) in [5.41, 5.74) is 4.44. The van der Waals surface area contributed by atoms with E-state index >= 15 is 0 Å². The summed E-state index contributed by atoms with van der Waals surface area (Å²) in [5.74, 6) is 0.500. The van der Waals surface area contributed by atoms with Crippen LogP contribution in [0.1, 0.15) is 29.2 Å². The quantitative estimate of drug-likeness (QED) is 0.402. The summed E-state index contributed by atoms with van der Waals surface area (Å²) >= 11 is 0. The molecule has 0 saturated carbocycles. The molecule has 1 aromatic heterocycles. The summed E-state index contributed by atoms with van der Waals surface area (Å²) in [6.45, 7) is 6.49. The molecular formula is C27H27NO4S. The fourth-order valence-electron chi connectivity index (χ4n) is 3.98. The van der Waals surface area contributed by atoms with Gasteiger partial charge in [0.05, 0.1) is 22.9 Å². The monoisotopic (exact) mass is 461 g/mol. The largest absolute Gasteiger partial charge is 0.497 e. The van der Waals surface area contributed by atoms with E-state index in [0.29, 0.717) is 23.2 Å². The van der Waals surface area contributed by atoms with Crippen molar-refractivity contribution in [3.63, 3.8) is 0 Å². The number of sulfone groups is 1. The Morgan fingerprint density at radius 1 is 0.939 bits per heavy atom. The zero-order valence-corrected chi connectivity index (χ0v) is 20.1. The molecular weight excluding hydrogens is 434 g/mol. The second-order valence-corrected chi connectivity index (χ2v) is 10.2. The number of pyridine rings is 1. The van der Waals surface area contributed by atoms with Gasteiger partial charge in [-0.15, -0.1) is 0 Å². The van der Waals surface area contributed by atoms with Crippen molar-refractivity contribution in [3.8, 4) is 5.75 Å². The Morgan fingerprint density at radius 2 is 1.67 bits per heavy atom. The molecule has 0 spiro atoms. The first-order valence-corrected chi connectivity index (χ1v) is 12.3. The Balaban J connectivity index is 1.97. The standard InChI is InChI=1S/C27H27NO4S/c1-5-20-8-11-23(12-9-20)33(30,31)26-17-28(16-21-14-18(2)6-7-19(21)3)25-13-10-22(32-4)15-24(25)27(26)29/h6-15,17H,5,16H2,1-4H3. The molecule has 5 nitrogen and oxygen atoms in total. The maximum Gasteiger partial charge on any atom is 0.211 e. The topological polar surface area (TPSA) is 65.4 Å². The van der Waals surface area contributed by atoms with Gasteiger partial charge in [0.2, 0.25) is 15.3 Å². The Morgan fingerprint density at radius 3 is 2.33 bits per heavy atom. The summed E-state index contributed by atoms with van der Waals surface area (Å²) in [6, 6.07) is 18.1. The number of fused-ring (bicyclic) bond motifs is 1. The highest BCUT2D eigenvalue weighted by Gasteiger charge is 2.24. The van der Waals surface area contributed by atoms with Gasteiger partial charge < -0.3 is 9.30 Å². The first kappa shape index (κ1) is 22.8. The van der Waals surface area contributed by atoms with Crippen molar-refractivity contribution in [1.29, 1.82) is 0 Å². The summed E-state index contributed by atoms with van der Waals surface area (Å²) in [5, 5.41) is 0.311. The van der Waals surface area contributed by atoms with Crippen LogP contribution in [0.25, 0.3) is 10.9 Å². The minimum Gasteiger partial charge on any atom is -0.497 e. The van der Waals surface area contributed by atoms with Crippen LogP contribution in [0.3, 0.4) is 0 Å². The minimum atomic E-state index is -4.01. The molecule has 0 aliphatic heterocycles. The van der Waals surface area contributed by atoms with E-state index in [9.17, 15) is 13.2 Å². The number of nitrogens with zero attached hydrogens (tertiary/aromatic N) is 1. The summed E-state index contributed by atoms with van der Waals surface area (Å²) in [6.07, 6.45) is 2.28. The zero-order chi connectivity index (χ0) is 23.8. The first-order chi connectivity index (χ1) is 15.7. The highest BCUT2D eigenvalue weighted by molar-refractivity contribution is 7.91. The SMILES string of the molecule is CCc1ccc(S(=O)(=O)c2cn(Cc3cc(C)ccc3C)c3ccc(OC)cc3c2=O)cc1. The van der Waals surface area contributed by atoms with Crippen LogP contribution in [-0.2, 0) is 22.8 Å². The van der Waals surface area contributed by atoms with E-state index in [1.54, 1.807) is 42.5 Å². The van der Waals surface area contributed by atoms with E-state index < -0.39 is 15.3 Å². The van der Waals surface area contributed by atoms with Crippen LogP contribution in [0.15, 0.2) is 81.4 Å². The lowest BCUT2D eigenvalue weighted by atomic mass is 10.1. The molecule has 0 aliphatic rings. The van der Waals surface area contributed by atoms with Crippen molar-refractivity contribution in [2.24, 2.45) is 0 Å². The predicted octanol–water partition coefficient (Wildman–Crippen LogP) is 5.07. The molecule has 0 saturated heterocycles. The third kappa shape index (κ3) is 4.31. The summed E-state index contributed by atoms with van der Waals surface area (Å²) < 4.78 is 34.2. The van der Waals surface area contributed by atoms with Crippen molar-refractivity contribution >= 4 is 20.7 Å². The molecule has 0 atom stereocenters. The number of methoxy groups -OCH3 is 1. The van der Waals surface area contributed by atoms with Crippen LogP contribution in [0.2, 0.25) is 0 Å².